The van der Waals surface area contributed by atoms with E-state index in [4.69, 9.17) is 17.1 Å². The maximum Gasteiger partial charge on any atom is 1.15 e. The topological polar surface area (TPSA) is 330 Å². The molecule has 3 fully saturated rings. The first-order chi connectivity index (χ1) is 38.3. The molecule has 5 aliphatic heterocycles. The van der Waals surface area contributed by atoms with Crippen LogP contribution in [-0.4, -0.2) is 209 Å². The van der Waals surface area contributed by atoms with Gasteiger partial charge < -0.3 is 57.6 Å². The van der Waals surface area contributed by atoms with Crippen LogP contribution >= 0.6 is 0 Å². The Kier molecular flexibility index (Phi) is 21.5. The summed E-state index contributed by atoms with van der Waals surface area (Å²) >= 11 is -3.93. The van der Waals surface area contributed by atoms with Crippen molar-refractivity contribution in [3.05, 3.63) is 64.7 Å². The summed E-state index contributed by atoms with van der Waals surface area (Å²) in [6.07, 6.45) is -0.899. The van der Waals surface area contributed by atoms with Crippen LogP contribution in [-0.2, 0) is 95.6 Å². The minimum atomic E-state index is -3.93. The lowest BCUT2D eigenvalue weighted by Gasteiger charge is -2.30. The van der Waals surface area contributed by atoms with Crippen LogP contribution in [0.25, 0.3) is 0 Å². The molecule has 26 nitrogen and oxygen atoms in total. The molecule has 0 radical (unpaired) electrons. The molecule has 2 unspecified atom stereocenters. The van der Waals surface area contributed by atoms with E-state index >= 15 is 0 Å². The molecule has 7 amide bonds. The molecule has 3 saturated heterocycles. The number of cyclic esters (lactones) is 1. The maximum atomic E-state index is 14.4. The van der Waals surface area contributed by atoms with Crippen molar-refractivity contribution in [2.75, 3.05) is 77.5 Å². The van der Waals surface area contributed by atoms with E-state index in [1.54, 1.807) is 26.0 Å². The first-order valence-corrected chi connectivity index (χ1v) is 28.0. The Hall–Kier alpha value is -7.09. The lowest BCUT2D eigenvalue weighted by Crippen LogP contribution is -2.59. The SMILES string of the molecule is CC[C@H](C)[C@H](NC(=O)CNC(=O)CNC(=O)[C@H](CCC(=O)O)NC(=O)Cc1ccc(CN2CCN3CCN(CC2)CC(=O)[O][Al]([F])[O]C(=O)C3)cc1)C(=O)N[C@H]1CCc2cccc3c2N(C1=O)[C@H](C(=O)N[C@H]1CC(=O)O[C@H]1OC)C3. The molecule has 2 aromatic rings. The molecule has 0 aliphatic carbocycles. The second-order valence-electron chi connectivity index (χ2n) is 20.4. The van der Waals surface area contributed by atoms with Crippen LogP contribution in [0.5, 0.6) is 0 Å². The highest BCUT2D eigenvalue weighted by Crippen LogP contribution is 2.39. The number of ether oxygens (including phenoxy) is 2. The molecule has 5 heterocycles. The Morgan fingerprint density at radius 2 is 1.41 bits per heavy atom. The lowest BCUT2D eigenvalue weighted by molar-refractivity contribution is -0.160. The van der Waals surface area contributed by atoms with Crippen LogP contribution in [0.1, 0.15) is 68.2 Å². The molecular weight excluding hydrogens is 1070 g/mol. The summed E-state index contributed by atoms with van der Waals surface area (Å²) in [5.74, 6) is -8.58. The van der Waals surface area contributed by atoms with Gasteiger partial charge in [-0.2, -0.15) is 0 Å². The third kappa shape index (κ3) is 16.7. The quantitative estimate of drug-likeness (QED) is 0.0507. The first-order valence-electron chi connectivity index (χ1n) is 26.7. The average molecular weight is 1140 g/mol. The number of fused-ring (bicyclic) bond motifs is 3. The fraction of sp³-hybridized carbons (Fsp3) is 0.558. The lowest BCUT2D eigenvalue weighted by atomic mass is 9.97. The standard InChI is InChI=1S/C52H70N10O16.Al.FH/c1-4-30(2)46(50(75)56-36-13-12-33-6-5-7-34-23-38(62(47(33)34)51(36)76)49(74)57-37-24-45(72)78-52(37)77-3)58-41(65)26-53-40(64)25-54-48(73)35(14-15-42(66)67)55-39(63)22-31-8-10-32(11-9-31)27-59-16-18-60(28-43(68)69)20-21-61(19-17-59)29-44(70)71;;/h5-11,30,35-38,46,52H,4,12-29H2,1-3H3,(H,53,64)(H,54,73)(H,55,63)(H,56,75)(H,57,74)(H,58,65)(H,66,67)(H,68,69)(H,70,71);;1H/q;+3;/p-3/t30-,35-,36-,37-,38-,46-,52+;;/m0../s1. The first kappa shape index (κ1) is 60.6. The summed E-state index contributed by atoms with van der Waals surface area (Å²) in [5.41, 5.74) is 3.63. The molecule has 5 aliphatic rings. The van der Waals surface area contributed by atoms with Crippen LogP contribution < -0.4 is 36.8 Å². The summed E-state index contributed by atoms with van der Waals surface area (Å²) in [5, 5.41) is 24.9. The number of hydrogen-bond acceptors (Lipinski definition) is 18. The molecule has 28 heteroatoms. The van der Waals surface area contributed by atoms with Crippen molar-refractivity contribution < 1.29 is 78.4 Å². The number of carboxylic acid groups (broad SMARTS) is 1. The van der Waals surface area contributed by atoms with Gasteiger partial charge in [-0.15, -0.1) is 0 Å². The summed E-state index contributed by atoms with van der Waals surface area (Å²) < 4.78 is 33.9. The van der Waals surface area contributed by atoms with E-state index in [2.05, 4.69) is 36.8 Å². The number of anilines is 1. The maximum absolute atomic E-state index is 14.4. The molecule has 2 bridgehead atoms. The van der Waals surface area contributed by atoms with Crippen LogP contribution in [0, 0.1) is 5.92 Å². The zero-order valence-corrected chi connectivity index (χ0v) is 46.0. The number of aliphatic carboxylic acids is 1. The monoisotopic (exact) mass is 1130 g/mol. The highest BCUT2D eigenvalue weighted by Gasteiger charge is 2.47. The van der Waals surface area contributed by atoms with Crippen LogP contribution in [0.15, 0.2) is 42.5 Å². The Morgan fingerprint density at radius 3 is 2.06 bits per heavy atom. The van der Waals surface area contributed by atoms with Crippen molar-refractivity contribution >= 4 is 86.2 Å². The van der Waals surface area contributed by atoms with Gasteiger partial charge in [0.1, 0.15) is 30.2 Å². The van der Waals surface area contributed by atoms with E-state index < -0.39 is 142 Å². The number of hydrogen-bond donors (Lipinski definition) is 7. The van der Waals surface area contributed by atoms with Crippen molar-refractivity contribution in [1.29, 1.82) is 0 Å². The van der Waals surface area contributed by atoms with Gasteiger partial charge in [0.15, 0.2) is 0 Å². The number of carbonyl (C=O) groups is 11. The van der Waals surface area contributed by atoms with E-state index in [1.807, 2.05) is 40.1 Å². The summed E-state index contributed by atoms with van der Waals surface area (Å²) in [6.45, 7) is 5.44. The van der Waals surface area contributed by atoms with Gasteiger partial charge in [0.05, 0.1) is 44.7 Å². The molecule has 2 aromatic carbocycles. The van der Waals surface area contributed by atoms with Gasteiger partial charge in [-0.25, -0.2) is 0 Å². The van der Waals surface area contributed by atoms with Crippen molar-refractivity contribution in [2.24, 2.45) is 5.92 Å². The van der Waals surface area contributed by atoms with Gasteiger partial charge in [0.2, 0.25) is 47.6 Å². The molecule has 80 heavy (non-hydrogen) atoms. The van der Waals surface area contributed by atoms with Gasteiger partial charge in [0, 0.05) is 65.8 Å². The number of para-hydroxylation sites is 1. The number of rotatable bonds is 21. The summed E-state index contributed by atoms with van der Waals surface area (Å²) in [4.78, 5) is 150. The number of methoxy groups -OCH3 is 1. The van der Waals surface area contributed by atoms with E-state index in [0.717, 1.165) is 16.7 Å². The zero-order chi connectivity index (χ0) is 57.6. The van der Waals surface area contributed by atoms with Crippen molar-refractivity contribution in [3.8, 4) is 0 Å². The van der Waals surface area contributed by atoms with Gasteiger partial charge in [-0.1, -0.05) is 62.7 Å². The van der Waals surface area contributed by atoms with Crippen LogP contribution in [0.2, 0.25) is 0 Å². The highest BCUT2D eigenvalue weighted by molar-refractivity contribution is 6.41. The minimum absolute atomic E-state index is 0.117. The predicted molar refractivity (Wildman–Crippen MR) is 279 cm³/mol. The van der Waals surface area contributed by atoms with Crippen LogP contribution in [0.4, 0.5) is 9.21 Å². The number of aryl methyl sites for hydroxylation is 1. The second-order valence-corrected chi connectivity index (χ2v) is 21.4. The molecule has 0 spiro atoms. The number of nitrogens with zero attached hydrogens (tertiary/aromatic N) is 4. The minimum Gasteiger partial charge on any atom is -0.558 e. The van der Waals surface area contributed by atoms with Gasteiger partial charge in [-0.05, 0) is 47.4 Å². The van der Waals surface area contributed by atoms with E-state index in [0.29, 0.717) is 69.9 Å². The molecular formula is C52H68AlFN10O16. The molecule has 7 N–H and O–H groups in total. The third-order valence-electron chi connectivity index (χ3n) is 14.7. The van der Waals surface area contributed by atoms with Gasteiger partial charge >= 0.3 is 27.2 Å². The Morgan fingerprint density at radius 1 is 0.775 bits per heavy atom. The predicted octanol–water partition coefficient (Wildman–Crippen LogP) is -2.39. The summed E-state index contributed by atoms with van der Waals surface area (Å²) in [7, 11) is 1.34. The Labute approximate surface area is 465 Å². The van der Waals surface area contributed by atoms with Crippen molar-refractivity contribution in [3.63, 3.8) is 0 Å². The Bertz CT molecular complexity index is 2640. The normalized spacial score (nSPS) is 23.4. The number of amides is 7. The highest BCUT2D eigenvalue weighted by atomic mass is 27.3. The fourth-order valence-corrected chi connectivity index (χ4v) is 10.8. The molecule has 7 rings (SSSR count). The largest absolute Gasteiger partial charge is 1.15 e. The number of halogens is 1. The van der Waals surface area contributed by atoms with E-state index in [1.165, 1.54) is 12.0 Å². The fourth-order valence-electron chi connectivity index (χ4n) is 10.2. The smallest absolute Gasteiger partial charge is 0.558 e. The number of carboxylic acids is 1. The van der Waals surface area contributed by atoms with Gasteiger partial charge in [-0.3, -0.25) is 72.3 Å². The number of benzene rings is 2. The Balaban J connectivity index is 0.877. The average Bonchev–Trinajstić information content (AvgIpc) is 4.09. The molecule has 9 atom stereocenters. The second kappa shape index (κ2) is 28.4. The van der Waals surface area contributed by atoms with E-state index in [-0.39, 0.29) is 45.2 Å². The van der Waals surface area contributed by atoms with Crippen LogP contribution in [0.3, 0.4) is 0 Å². The third-order valence-corrected chi connectivity index (χ3v) is 15.6. The zero-order valence-electron chi connectivity index (χ0n) is 44.8. The number of nitrogens with one attached hydrogen (secondary N) is 6. The van der Waals surface area contributed by atoms with Gasteiger partial charge in [0.25, 0.3) is 11.9 Å². The molecule has 0 aromatic heterocycles. The number of esters is 1. The molecule has 0 saturated carbocycles. The van der Waals surface area contributed by atoms with Crippen molar-refractivity contribution in [2.45, 2.75) is 108 Å². The number of carbonyl (C=O) groups excluding carboxylic acids is 10. The van der Waals surface area contributed by atoms with Crippen molar-refractivity contribution in [1.82, 2.24) is 46.6 Å². The molecule has 432 valence electrons. The summed E-state index contributed by atoms with van der Waals surface area (Å²) in [6, 6.07) is 7.25. The van der Waals surface area contributed by atoms with E-state index in [9.17, 15) is 61.4 Å².